The number of methoxy groups -OCH3 is 1. The third kappa shape index (κ3) is 5.08. The fourth-order valence-electron chi connectivity index (χ4n) is 5.57. The molecular weight excluding hydrogens is 530 g/mol. The Hall–Kier alpha value is -3.77. The van der Waals surface area contributed by atoms with Crippen LogP contribution in [0.2, 0.25) is 0 Å². The molecule has 2 saturated heterocycles. The lowest BCUT2D eigenvalue weighted by Gasteiger charge is -2.48. The number of nitrogens with zero attached hydrogens (tertiary/aromatic N) is 6. The molecule has 12 heteroatoms. The summed E-state index contributed by atoms with van der Waals surface area (Å²) >= 11 is 0. The van der Waals surface area contributed by atoms with Crippen LogP contribution in [0.1, 0.15) is 19.0 Å². The maximum atomic E-state index is 11.9. The van der Waals surface area contributed by atoms with Crippen molar-refractivity contribution in [2.24, 2.45) is 5.92 Å². The highest BCUT2D eigenvalue weighted by Crippen LogP contribution is 2.36. The Morgan fingerprint density at radius 1 is 1.20 bits per heavy atom. The van der Waals surface area contributed by atoms with Crippen LogP contribution >= 0.6 is 0 Å². The molecule has 0 radical (unpaired) electrons. The lowest BCUT2D eigenvalue weighted by atomic mass is 9.91. The molecule has 6 rings (SSSR count). The number of rotatable bonds is 8. The number of aromatic nitrogens is 5. The van der Waals surface area contributed by atoms with Gasteiger partial charge in [-0.15, -0.1) is 0 Å². The standard InChI is InChI=1S/C28H33N7O4S/c1-17-22-13-30-35(25(22)11-24(31-17)23-12-29-7-5-26(23)38-3)28-10-21(9-27(33-28)32-20-6-8-39-15-20)34-14-19(18(34)2)16-40(4,36)37/h5,7,9-13,18-20H,6,8,14-16H2,1-4H3,(H,32,33)/t18-,19-,20?/m1/s1. The summed E-state index contributed by atoms with van der Waals surface area (Å²) in [7, 11) is -1.42. The van der Waals surface area contributed by atoms with Crippen molar-refractivity contribution < 1.29 is 17.9 Å². The number of anilines is 2. The van der Waals surface area contributed by atoms with Gasteiger partial charge in [0.25, 0.3) is 0 Å². The van der Waals surface area contributed by atoms with Gasteiger partial charge in [-0.3, -0.25) is 9.97 Å². The molecule has 0 bridgehead atoms. The Kier molecular flexibility index (Phi) is 6.83. The zero-order valence-corrected chi connectivity index (χ0v) is 23.9. The van der Waals surface area contributed by atoms with Crippen molar-refractivity contribution in [1.82, 2.24) is 24.7 Å². The van der Waals surface area contributed by atoms with Crippen LogP contribution in [0.4, 0.5) is 11.5 Å². The molecule has 2 fully saturated rings. The fraction of sp³-hybridized carbons (Fsp3) is 0.429. The first-order valence-electron chi connectivity index (χ1n) is 13.3. The summed E-state index contributed by atoms with van der Waals surface area (Å²) in [4.78, 5) is 16.3. The van der Waals surface area contributed by atoms with Gasteiger partial charge in [-0.2, -0.15) is 5.10 Å². The fourth-order valence-corrected chi connectivity index (χ4v) is 6.73. The summed E-state index contributed by atoms with van der Waals surface area (Å²) in [6.45, 7) is 6.04. The third-order valence-corrected chi connectivity index (χ3v) is 8.82. The Balaban J connectivity index is 1.42. The molecule has 4 aromatic rings. The average molecular weight is 564 g/mol. The van der Waals surface area contributed by atoms with Crippen molar-refractivity contribution in [2.45, 2.75) is 32.4 Å². The molecule has 40 heavy (non-hydrogen) atoms. The zero-order valence-electron chi connectivity index (χ0n) is 23.0. The van der Waals surface area contributed by atoms with Gasteiger partial charge in [0, 0.05) is 72.7 Å². The van der Waals surface area contributed by atoms with Crippen LogP contribution in [-0.2, 0) is 14.6 Å². The minimum atomic E-state index is -3.05. The van der Waals surface area contributed by atoms with E-state index < -0.39 is 9.84 Å². The first kappa shape index (κ1) is 26.5. The second kappa shape index (κ2) is 10.3. The number of hydrogen-bond donors (Lipinski definition) is 1. The number of aryl methyl sites for hydroxylation is 1. The Morgan fingerprint density at radius 2 is 2.05 bits per heavy atom. The van der Waals surface area contributed by atoms with Crippen LogP contribution in [0, 0.1) is 12.8 Å². The second-order valence-corrected chi connectivity index (χ2v) is 12.9. The summed E-state index contributed by atoms with van der Waals surface area (Å²) in [5.41, 5.74) is 4.18. The van der Waals surface area contributed by atoms with Crippen molar-refractivity contribution >= 4 is 32.2 Å². The highest BCUT2D eigenvalue weighted by atomic mass is 32.2. The maximum Gasteiger partial charge on any atom is 0.158 e. The van der Waals surface area contributed by atoms with Crippen molar-refractivity contribution in [3.63, 3.8) is 0 Å². The molecule has 2 aliphatic heterocycles. The second-order valence-electron chi connectivity index (χ2n) is 10.7. The molecule has 210 valence electrons. The molecule has 0 amide bonds. The Bertz CT molecular complexity index is 1670. The molecule has 4 aromatic heterocycles. The van der Waals surface area contributed by atoms with Crippen molar-refractivity contribution in [1.29, 1.82) is 0 Å². The van der Waals surface area contributed by atoms with Crippen LogP contribution in [0.5, 0.6) is 5.75 Å². The number of ether oxygens (including phenoxy) is 2. The van der Waals surface area contributed by atoms with Gasteiger partial charge in [-0.25, -0.2) is 18.1 Å². The molecule has 2 aliphatic rings. The zero-order chi connectivity index (χ0) is 28.0. The number of fused-ring (bicyclic) bond motifs is 1. The van der Waals surface area contributed by atoms with E-state index >= 15 is 0 Å². The maximum absolute atomic E-state index is 11.9. The van der Waals surface area contributed by atoms with E-state index in [0.29, 0.717) is 24.7 Å². The van der Waals surface area contributed by atoms with Gasteiger partial charge >= 0.3 is 0 Å². The molecular formula is C28H33N7O4S. The van der Waals surface area contributed by atoms with Crippen molar-refractivity contribution in [3.05, 3.63) is 48.5 Å². The van der Waals surface area contributed by atoms with Gasteiger partial charge in [0.15, 0.2) is 5.82 Å². The van der Waals surface area contributed by atoms with Crippen LogP contribution in [-0.4, -0.2) is 84.1 Å². The highest BCUT2D eigenvalue weighted by Gasteiger charge is 2.38. The molecule has 0 spiro atoms. The molecule has 0 saturated carbocycles. The largest absolute Gasteiger partial charge is 0.496 e. The Labute approximate surface area is 233 Å². The Morgan fingerprint density at radius 3 is 2.77 bits per heavy atom. The van der Waals surface area contributed by atoms with Crippen molar-refractivity contribution in [3.8, 4) is 22.8 Å². The minimum Gasteiger partial charge on any atom is -0.496 e. The van der Waals surface area contributed by atoms with Gasteiger partial charge in [-0.05, 0) is 32.4 Å². The summed E-state index contributed by atoms with van der Waals surface area (Å²) in [5, 5.41) is 9.17. The first-order chi connectivity index (χ1) is 19.2. The van der Waals surface area contributed by atoms with E-state index in [1.165, 1.54) is 6.26 Å². The molecule has 0 aliphatic carbocycles. The molecule has 1 unspecified atom stereocenters. The third-order valence-electron chi connectivity index (χ3n) is 7.78. The van der Waals surface area contributed by atoms with E-state index in [2.05, 4.69) is 22.1 Å². The SMILES string of the molecule is COc1ccncc1-c1cc2c(cnn2-c2cc(N3C[C@H](CS(C)(=O)=O)[C@H]3C)cc(NC3CCOC3)n2)c(C)n1. The molecule has 11 nitrogen and oxygen atoms in total. The summed E-state index contributed by atoms with van der Waals surface area (Å²) in [5.74, 6) is 2.34. The summed E-state index contributed by atoms with van der Waals surface area (Å²) in [6, 6.07) is 8.09. The van der Waals surface area contributed by atoms with Gasteiger partial charge in [-0.1, -0.05) is 0 Å². The summed E-state index contributed by atoms with van der Waals surface area (Å²) in [6.07, 6.45) is 7.45. The van der Waals surface area contributed by atoms with Crippen LogP contribution in [0.25, 0.3) is 28.0 Å². The van der Waals surface area contributed by atoms with Gasteiger partial charge in [0.05, 0.1) is 48.5 Å². The molecule has 3 atom stereocenters. The normalized spacial score (nSPS) is 21.0. The van der Waals surface area contributed by atoms with E-state index in [-0.39, 0.29) is 23.8 Å². The van der Waals surface area contributed by atoms with Gasteiger partial charge in [0.1, 0.15) is 21.4 Å². The summed E-state index contributed by atoms with van der Waals surface area (Å²) < 4.78 is 36.8. The van der Waals surface area contributed by atoms with Gasteiger partial charge < -0.3 is 19.7 Å². The van der Waals surface area contributed by atoms with E-state index in [1.807, 2.05) is 42.1 Å². The van der Waals surface area contributed by atoms with Crippen LogP contribution < -0.4 is 15.0 Å². The monoisotopic (exact) mass is 563 g/mol. The molecule has 0 aromatic carbocycles. The number of nitrogens with one attached hydrogen (secondary N) is 1. The predicted molar refractivity (Wildman–Crippen MR) is 154 cm³/mol. The lowest BCUT2D eigenvalue weighted by molar-refractivity contribution is 0.195. The van der Waals surface area contributed by atoms with E-state index in [9.17, 15) is 8.42 Å². The smallest absolute Gasteiger partial charge is 0.158 e. The topological polar surface area (TPSA) is 124 Å². The first-order valence-corrected chi connectivity index (χ1v) is 15.4. The minimum absolute atomic E-state index is 0.0816. The van der Waals surface area contributed by atoms with E-state index in [1.54, 1.807) is 19.5 Å². The lowest BCUT2D eigenvalue weighted by Crippen LogP contribution is -2.57. The highest BCUT2D eigenvalue weighted by molar-refractivity contribution is 7.90. The number of pyridine rings is 3. The van der Waals surface area contributed by atoms with Crippen LogP contribution in [0.15, 0.2) is 42.9 Å². The van der Waals surface area contributed by atoms with E-state index in [0.717, 1.165) is 52.4 Å². The van der Waals surface area contributed by atoms with Crippen LogP contribution in [0.3, 0.4) is 0 Å². The number of hydrogen-bond acceptors (Lipinski definition) is 10. The predicted octanol–water partition coefficient (Wildman–Crippen LogP) is 3.26. The van der Waals surface area contributed by atoms with Crippen molar-refractivity contribution in [2.75, 3.05) is 49.1 Å². The average Bonchev–Trinajstić information content (AvgIpc) is 3.60. The van der Waals surface area contributed by atoms with Gasteiger partial charge in [0.2, 0.25) is 0 Å². The quantitative estimate of drug-likeness (QED) is 0.342. The number of sulfone groups is 1. The van der Waals surface area contributed by atoms with E-state index in [4.69, 9.17) is 24.5 Å². The molecule has 6 heterocycles. The molecule has 1 N–H and O–H groups in total.